The molecule has 0 unspecified atom stereocenters. The monoisotopic (exact) mass is 284 g/mol. The summed E-state index contributed by atoms with van der Waals surface area (Å²) in [6.45, 7) is 3.57. The summed E-state index contributed by atoms with van der Waals surface area (Å²) >= 11 is 0. The summed E-state index contributed by atoms with van der Waals surface area (Å²) in [4.78, 5) is 11.2. The highest BCUT2D eigenvalue weighted by atomic mass is 16.5. The van der Waals surface area contributed by atoms with Gasteiger partial charge in [-0.15, -0.1) is 0 Å². The fraction of sp³-hybridized carbons (Fsp3) is 0.235. The van der Waals surface area contributed by atoms with Crippen molar-refractivity contribution in [2.75, 3.05) is 17.7 Å². The maximum absolute atomic E-state index is 11.2. The van der Waals surface area contributed by atoms with Crippen LogP contribution in [0.4, 0.5) is 11.4 Å². The first-order valence-electron chi connectivity index (χ1n) is 6.87. The molecular formula is C17H20N2O2. The van der Waals surface area contributed by atoms with Gasteiger partial charge in [-0.05, 0) is 30.7 Å². The molecule has 0 radical (unpaired) electrons. The molecule has 4 heteroatoms. The molecule has 1 amide bonds. The van der Waals surface area contributed by atoms with E-state index in [1.807, 2.05) is 36.4 Å². The van der Waals surface area contributed by atoms with Crippen molar-refractivity contribution in [1.29, 1.82) is 0 Å². The van der Waals surface area contributed by atoms with Crippen molar-refractivity contribution in [3.8, 4) is 5.75 Å². The number of nitrogens with one attached hydrogen (secondary N) is 2. The Kier molecular flexibility index (Phi) is 4.82. The van der Waals surface area contributed by atoms with E-state index in [4.69, 9.17) is 4.74 Å². The van der Waals surface area contributed by atoms with Gasteiger partial charge in [0.05, 0.1) is 12.8 Å². The number of ether oxygens (including phenoxy) is 1. The number of amides is 1. The normalized spacial score (nSPS) is 11.6. The Morgan fingerprint density at radius 3 is 2.48 bits per heavy atom. The number of anilines is 2. The molecule has 0 saturated carbocycles. The Bertz CT molecular complexity index is 611. The van der Waals surface area contributed by atoms with Crippen LogP contribution in [-0.4, -0.2) is 13.0 Å². The van der Waals surface area contributed by atoms with Crippen LogP contribution in [0, 0.1) is 0 Å². The molecular weight excluding hydrogens is 264 g/mol. The lowest BCUT2D eigenvalue weighted by molar-refractivity contribution is -0.114. The second-order valence-electron chi connectivity index (χ2n) is 4.87. The van der Waals surface area contributed by atoms with Gasteiger partial charge >= 0.3 is 0 Å². The summed E-state index contributed by atoms with van der Waals surface area (Å²) in [6, 6.07) is 15.8. The van der Waals surface area contributed by atoms with Crippen LogP contribution in [0.3, 0.4) is 0 Å². The van der Waals surface area contributed by atoms with E-state index < -0.39 is 0 Å². The molecule has 0 aromatic heterocycles. The predicted molar refractivity (Wildman–Crippen MR) is 85.8 cm³/mol. The maximum Gasteiger partial charge on any atom is 0.221 e. The van der Waals surface area contributed by atoms with Gasteiger partial charge < -0.3 is 15.4 Å². The van der Waals surface area contributed by atoms with Gasteiger partial charge in [0.2, 0.25) is 5.91 Å². The van der Waals surface area contributed by atoms with E-state index in [2.05, 4.69) is 29.7 Å². The van der Waals surface area contributed by atoms with E-state index in [-0.39, 0.29) is 11.9 Å². The molecule has 2 aromatic carbocycles. The van der Waals surface area contributed by atoms with Gasteiger partial charge in [0, 0.05) is 18.7 Å². The summed E-state index contributed by atoms with van der Waals surface area (Å²) in [7, 11) is 1.63. The average molecular weight is 284 g/mol. The van der Waals surface area contributed by atoms with Crippen molar-refractivity contribution in [2.24, 2.45) is 0 Å². The molecule has 110 valence electrons. The number of hydrogen-bond acceptors (Lipinski definition) is 3. The highest BCUT2D eigenvalue weighted by molar-refractivity contribution is 5.89. The first-order chi connectivity index (χ1) is 10.1. The van der Waals surface area contributed by atoms with Gasteiger partial charge in [-0.2, -0.15) is 0 Å². The summed E-state index contributed by atoms with van der Waals surface area (Å²) in [6.07, 6.45) is 0. The molecule has 2 N–H and O–H groups in total. The van der Waals surface area contributed by atoms with Crippen LogP contribution >= 0.6 is 0 Å². The first kappa shape index (κ1) is 14.9. The molecule has 0 heterocycles. The molecule has 0 aliphatic carbocycles. The highest BCUT2D eigenvalue weighted by Crippen LogP contribution is 2.31. The zero-order chi connectivity index (χ0) is 15.2. The van der Waals surface area contributed by atoms with E-state index >= 15 is 0 Å². The molecule has 2 aromatic rings. The summed E-state index contributed by atoms with van der Waals surface area (Å²) in [5.41, 5.74) is 2.77. The zero-order valence-electron chi connectivity index (χ0n) is 12.5. The topological polar surface area (TPSA) is 50.4 Å². The molecule has 21 heavy (non-hydrogen) atoms. The van der Waals surface area contributed by atoms with Gasteiger partial charge in [0.1, 0.15) is 5.75 Å². The van der Waals surface area contributed by atoms with E-state index in [1.54, 1.807) is 7.11 Å². The van der Waals surface area contributed by atoms with Crippen molar-refractivity contribution in [1.82, 2.24) is 0 Å². The van der Waals surface area contributed by atoms with Crippen molar-refractivity contribution in [2.45, 2.75) is 19.9 Å². The standard InChI is InChI=1S/C17H20N2O2/c1-12(14-7-5-4-6-8-14)18-16-11-15(19-13(2)20)9-10-17(16)21-3/h4-12,18H,1-3H3,(H,19,20)/t12-/m1/s1. The number of benzene rings is 2. The van der Waals surface area contributed by atoms with E-state index in [0.29, 0.717) is 0 Å². The lowest BCUT2D eigenvalue weighted by atomic mass is 10.1. The second kappa shape index (κ2) is 6.79. The van der Waals surface area contributed by atoms with Gasteiger partial charge in [0.25, 0.3) is 0 Å². The smallest absolute Gasteiger partial charge is 0.221 e. The molecule has 2 rings (SSSR count). The zero-order valence-corrected chi connectivity index (χ0v) is 12.5. The minimum Gasteiger partial charge on any atom is -0.495 e. The van der Waals surface area contributed by atoms with Crippen LogP contribution in [0.15, 0.2) is 48.5 Å². The fourth-order valence-electron chi connectivity index (χ4n) is 2.16. The minimum absolute atomic E-state index is 0.0952. The number of methoxy groups -OCH3 is 1. The third-order valence-corrected chi connectivity index (χ3v) is 3.19. The van der Waals surface area contributed by atoms with Gasteiger partial charge in [-0.1, -0.05) is 30.3 Å². The SMILES string of the molecule is COc1ccc(NC(C)=O)cc1N[C@H](C)c1ccccc1. The van der Waals surface area contributed by atoms with Crippen LogP contribution < -0.4 is 15.4 Å². The Labute approximate surface area is 125 Å². The number of carbonyl (C=O) groups is 1. The van der Waals surface area contributed by atoms with E-state index in [9.17, 15) is 4.79 Å². The van der Waals surface area contributed by atoms with Crippen molar-refractivity contribution < 1.29 is 9.53 Å². The number of carbonyl (C=O) groups excluding carboxylic acids is 1. The van der Waals surface area contributed by atoms with Crippen LogP contribution in [0.1, 0.15) is 25.5 Å². The van der Waals surface area contributed by atoms with Crippen molar-refractivity contribution in [3.05, 3.63) is 54.1 Å². The maximum atomic E-state index is 11.2. The van der Waals surface area contributed by atoms with Crippen LogP contribution in [-0.2, 0) is 4.79 Å². The Morgan fingerprint density at radius 2 is 1.86 bits per heavy atom. The molecule has 0 aliphatic heterocycles. The molecule has 0 bridgehead atoms. The quantitative estimate of drug-likeness (QED) is 0.877. The third kappa shape index (κ3) is 3.99. The Morgan fingerprint density at radius 1 is 1.14 bits per heavy atom. The molecule has 1 atom stereocenters. The molecule has 0 saturated heterocycles. The van der Waals surface area contributed by atoms with Crippen molar-refractivity contribution >= 4 is 17.3 Å². The lowest BCUT2D eigenvalue weighted by Crippen LogP contribution is -2.09. The molecule has 0 aliphatic rings. The van der Waals surface area contributed by atoms with Crippen LogP contribution in [0.25, 0.3) is 0 Å². The number of rotatable bonds is 5. The van der Waals surface area contributed by atoms with Gasteiger partial charge in [-0.25, -0.2) is 0 Å². The first-order valence-corrected chi connectivity index (χ1v) is 6.87. The van der Waals surface area contributed by atoms with Crippen molar-refractivity contribution in [3.63, 3.8) is 0 Å². The molecule has 4 nitrogen and oxygen atoms in total. The fourth-order valence-corrected chi connectivity index (χ4v) is 2.16. The molecule has 0 fully saturated rings. The summed E-state index contributed by atoms with van der Waals surface area (Å²) < 4.78 is 5.37. The Balaban J connectivity index is 2.22. The second-order valence-corrected chi connectivity index (χ2v) is 4.87. The summed E-state index contributed by atoms with van der Waals surface area (Å²) in [5.74, 6) is 0.647. The van der Waals surface area contributed by atoms with Gasteiger partial charge in [-0.3, -0.25) is 4.79 Å². The Hall–Kier alpha value is -2.49. The van der Waals surface area contributed by atoms with Crippen LogP contribution in [0.5, 0.6) is 5.75 Å². The van der Waals surface area contributed by atoms with Gasteiger partial charge in [0.15, 0.2) is 0 Å². The lowest BCUT2D eigenvalue weighted by Gasteiger charge is -2.19. The molecule has 0 spiro atoms. The van der Waals surface area contributed by atoms with E-state index in [1.165, 1.54) is 12.5 Å². The van der Waals surface area contributed by atoms with E-state index in [0.717, 1.165) is 17.1 Å². The minimum atomic E-state index is -0.0952. The largest absolute Gasteiger partial charge is 0.495 e. The average Bonchev–Trinajstić information content (AvgIpc) is 2.48. The third-order valence-electron chi connectivity index (χ3n) is 3.19. The predicted octanol–water partition coefficient (Wildman–Crippen LogP) is 3.83. The highest BCUT2D eigenvalue weighted by Gasteiger charge is 2.10. The summed E-state index contributed by atoms with van der Waals surface area (Å²) in [5, 5.41) is 6.19. The van der Waals surface area contributed by atoms with Crippen LogP contribution in [0.2, 0.25) is 0 Å². The number of hydrogen-bond donors (Lipinski definition) is 2.